The molecule has 9 heteroatoms. The van der Waals surface area contributed by atoms with E-state index >= 15 is 0 Å². The summed E-state index contributed by atoms with van der Waals surface area (Å²) in [6, 6.07) is 6.57. The third kappa shape index (κ3) is 4.50. The summed E-state index contributed by atoms with van der Waals surface area (Å²) in [5.74, 6) is -1.96. The maximum Gasteiger partial charge on any atom is 0.465 e. The van der Waals surface area contributed by atoms with E-state index < -0.39 is 27.9 Å². The van der Waals surface area contributed by atoms with E-state index in [1.807, 2.05) is 0 Å². The van der Waals surface area contributed by atoms with Gasteiger partial charge in [0.25, 0.3) is 0 Å². The standard InChI is InChI=1S/C12H12F2O6S/c1-2-9-3-5-10(6-4-9)19-7-8-20-11(15)12(13,14)21(16,17)18/h2-6H,1,7-8H2,(H,16,17,18). The maximum absolute atomic E-state index is 12.8. The van der Waals surface area contributed by atoms with Gasteiger partial charge in [-0.15, -0.1) is 0 Å². The van der Waals surface area contributed by atoms with Gasteiger partial charge in [-0.05, 0) is 17.7 Å². The molecule has 0 aliphatic rings. The number of alkyl halides is 2. The van der Waals surface area contributed by atoms with Crippen LogP contribution < -0.4 is 4.74 Å². The molecule has 21 heavy (non-hydrogen) atoms. The number of carbonyl (C=O) groups excluding carboxylic acids is 1. The summed E-state index contributed by atoms with van der Waals surface area (Å²) >= 11 is 0. The Morgan fingerprint density at radius 2 is 1.86 bits per heavy atom. The minimum Gasteiger partial charge on any atom is -0.490 e. The van der Waals surface area contributed by atoms with Gasteiger partial charge in [-0.25, -0.2) is 4.79 Å². The summed E-state index contributed by atoms with van der Waals surface area (Å²) in [6.07, 6.45) is 1.61. The van der Waals surface area contributed by atoms with Gasteiger partial charge in [0.05, 0.1) is 0 Å². The quantitative estimate of drug-likeness (QED) is 0.467. The van der Waals surface area contributed by atoms with E-state index in [1.54, 1.807) is 30.3 Å². The highest BCUT2D eigenvalue weighted by Crippen LogP contribution is 2.22. The van der Waals surface area contributed by atoms with E-state index in [0.29, 0.717) is 5.75 Å². The highest BCUT2D eigenvalue weighted by atomic mass is 32.2. The largest absolute Gasteiger partial charge is 0.490 e. The van der Waals surface area contributed by atoms with E-state index in [-0.39, 0.29) is 6.61 Å². The molecule has 1 N–H and O–H groups in total. The van der Waals surface area contributed by atoms with Crippen molar-refractivity contribution in [1.29, 1.82) is 0 Å². The third-order valence-electron chi connectivity index (χ3n) is 2.26. The predicted molar refractivity (Wildman–Crippen MR) is 69.5 cm³/mol. The van der Waals surface area contributed by atoms with Crippen molar-refractivity contribution in [2.24, 2.45) is 0 Å². The minimum absolute atomic E-state index is 0.263. The molecule has 0 aliphatic heterocycles. The topological polar surface area (TPSA) is 89.9 Å². The lowest BCUT2D eigenvalue weighted by atomic mass is 10.2. The lowest BCUT2D eigenvalue weighted by Gasteiger charge is -2.12. The zero-order valence-corrected chi connectivity index (χ0v) is 11.5. The van der Waals surface area contributed by atoms with Crippen molar-refractivity contribution in [1.82, 2.24) is 0 Å². The van der Waals surface area contributed by atoms with Crippen LogP contribution in [0, 0.1) is 0 Å². The fourth-order valence-electron chi connectivity index (χ4n) is 1.18. The Morgan fingerprint density at radius 3 is 2.33 bits per heavy atom. The normalized spacial score (nSPS) is 11.8. The fraction of sp³-hybridized carbons (Fsp3) is 0.250. The zero-order valence-electron chi connectivity index (χ0n) is 10.7. The Bertz CT molecular complexity index is 609. The summed E-state index contributed by atoms with van der Waals surface area (Å²) in [5, 5.41) is -5.00. The molecule has 0 saturated heterocycles. The van der Waals surface area contributed by atoms with Crippen LogP contribution in [-0.2, 0) is 19.6 Å². The molecule has 1 aromatic carbocycles. The van der Waals surface area contributed by atoms with Crippen molar-refractivity contribution in [2.45, 2.75) is 5.25 Å². The van der Waals surface area contributed by atoms with E-state index in [0.717, 1.165) is 5.56 Å². The maximum atomic E-state index is 12.8. The lowest BCUT2D eigenvalue weighted by molar-refractivity contribution is -0.162. The minimum atomic E-state index is -5.86. The molecule has 0 saturated carbocycles. The van der Waals surface area contributed by atoms with Crippen LogP contribution in [0.1, 0.15) is 5.56 Å². The SMILES string of the molecule is C=Cc1ccc(OCCOC(=O)C(F)(F)S(=O)(=O)O)cc1. The molecule has 6 nitrogen and oxygen atoms in total. The first-order chi connectivity index (χ1) is 9.68. The Balaban J connectivity index is 2.43. The van der Waals surface area contributed by atoms with Crippen molar-refractivity contribution < 1.29 is 36.0 Å². The molecular weight excluding hydrogens is 310 g/mol. The molecule has 0 atom stereocenters. The second-order valence-electron chi connectivity index (χ2n) is 3.75. The van der Waals surface area contributed by atoms with Crippen LogP contribution >= 0.6 is 0 Å². The third-order valence-corrected chi connectivity index (χ3v) is 3.08. The van der Waals surface area contributed by atoms with Crippen LogP contribution in [0.5, 0.6) is 5.75 Å². The van der Waals surface area contributed by atoms with Crippen LogP contribution in [-0.4, -0.2) is 37.4 Å². The molecule has 0 radical (unpaired) electrons. The molecule has 0 spiro atoms. The number of ether oxygens (including phenoxy) is 2. The van der Waals surface area contributed by atoms with Crippen LogP contribution in [0.4, 0.5) is 8.78 Å². The summed E-state index contributed by atoms with van der Waals surface area (Å²) in [7, 11) is -5.86. The van der Waals surface area contributed by atoms with Gasteiger partial charge >= 0.3 is 21.3 Å². The first kappa shape index (κ1) is 17.1. The average Bonchev–Trinajstić information content (AvgIpc) is 2.42. The van der Waals surface area contributed by atoms with Gasteiger partial charge in [0.15, 0.2) is 0 Å². The highest BCUT2D eigenvalue weighted by molar-refractivity contribution is 7.87. The van der Waals surface area contributed by atoms with Gasteiger partial charge in [-0.1, -0.05) is 24.8 Å². The zero-order chi connectivity index (χ0) is 16.1. The van der Waals surface area contributed by atoms with Gasteiger partial charge in [0, 0.05) is 0 Å². The smallest absolute Gasteiger partial charge is 0.465 e. The second-order valence-corrected chi connectivity index (χ2v) is 5.21. The molecular formula is C12H12F2O6S. The predicted octanol–water partition coefficient (Wildman–Crippen LogP) is 1.73. The summed E-state index contributed by atoms with van der Waals surface area (Å²) in [6.45, 7) is 2.69. The summed E-state index contributed by atoms with van der Waals surface area (Å²) in [5.41, 5.74) is 0.849. The Labute approximate surface area is 119 Å². The van der Waals surface area contributed by atoms with Gasteiger partial charge in [0.1, 0.15) is 19.0 Å². The lowest BCUT2D eigenvalue weighted by Crippen LogP contribution is -2.39. The second kappa shape index (κ2) is 6.64. The molecule has 0 aromatic heterocycles. The van der Waals surface area contributed by atoms with Gasteiger partial charge < -0.3 is 9.47 Å². The monoisotopic (exact) mass is 322 g/mol. The Kier molecular flexibility index (Phi) is 5.39. The Morgan fingerprint density at radius 1 is 1.29 bits per heavy atom. The van der Waals surface area contributed by atoms with E-state index in [2.05, 4.69) is 11.3 Å². The molecule has 0 fully saturated rings. The van der Waals surface area contributed by atoms with Gasteiger partial charge in [-0.2, -0.15) is 17.2 Å². The number of rotatable bonds is 7. The number of benzene rings is 1. The van der Waals surface area contributed by atoms with E-state index in [4.69, 9.17) is 9.29 Å². The number of halogens is 2. The van der Waals surface area contributed by atoms with Crippen molar-refractivity contribution in [3.63, 3.8) is 0 Å². The first-order valence-corrected chi connectivity index (χ1v) is 7.00. The van der Waals surface area contributed by atoms with Crippen LogP contribution in [0.25, 0.3) is 6.08 Å². The van der Waals surface area contributed by atoms with Crippen LogP contribution in [0.15, 0.2) is 30.8 Å². The number of esters is 1. The molecule has 0 bridgehead atoms. The number of hydrogen-bond donors (Lipinski definition) is 1. The van der Waals surface area contributed by atoms with E-state index in [1.165, 1.54) is 0 Å². The summed E-state index contributed by atoms with van der Waals surface area (Å²) in [4.78, 5) is 10.8. The molecule has 1 aromatic rings. The molecule has 0 aliphatic carbocycles. The first-order valence-electron chi connectivity index (χ1n) is 5.56. The van der Waals surface area contributed by atoms with Gasteiger partial charge in [-0.3, -0.25) is 4.55 Å². The van der Waals surface area contributed by atoms with Crippen molar-refractivity contribution >= 4 is 22.2 Å². The van der Waals surface area contributed by atoms with Crippen molar-refractivity contribution in [2.75, 3.05) is 13.2 Å². The number of carbonyl (C=O) groups is 1. The van der Waals surface area contributed by atoms with Gasteiger partial charge in [0.2, 0.25) is 0 Å². The Hall–Kier alpha value is -2.00. The average molecular weight is 322 g/mol. The van der Waals surface area contributed by atoms with Crippen molar-refractivity contribution in [3.05, 3.63) is 36.4 Å². The van der Waals surface area contributed by atoms with Crippen LogP contribution in [0.2, 0.25) is 0 Å². The summed E-state index contributed by atoms with van der Waals surface area (Å²) < 4.78 is 63.4. The molecule has 0 heterocycles. The molecule has 0 unspecified atom stereocenters. The fourth-order valence-corrected chi connectivity index (χ4v) is 1.45. The highest BCUT2D eigenvalue weighted by Gasteiger charge is 2.54. The molecule has 0 amide bonds. The van der Waals surface area contributed by atoms with Crippen LogP contribution in [0.3, 0.4) is 0 Å². The molecule has 116 valence electrons. The number of hydrogen-bond acceptors (Lipinski definition) is 5. The van der Waals surface area contributed by atoms with E-state index in [9.17, 15) is 22.0 Å². The molecule has 1 rings (SSSR count). The van der Waals surface area contributed by atoms with Crippen molar-refractivity contribution in [3.8, 4) is 5.75 Å².